The SMILES string of the molecule is CCOc1cc(C)nc(N2CCN(C(=O)NCCC(=O)O)CC2)n1. The van der Waals surface area contributed by atoms with Crippen LogP contribution in [-0.2, 0) is 4.79 Å². The van der Waals surface area contributed by atoms with Crippen LogP contribution < -0.4 is 15.0 Å². The quantitative estimate of drug-likeness (QED) is 0.778. The number of carboxylic acid groups (broad SMARTS) is 1. The highest BCUT2D eigenvalue weighted by Gasteiger charge is 2.23. The molecule has 1 aliphatic heterocycles. The van der Waals surface area contributed by atoms with Crippen molar-refractivity contribution in [1.29, 1.82) is 0 Å². The smallest absolute Gasteiger partial charge is 0.317 e. The molecule has 0 radical (unpaired) electrons. The van der Waals surface area contributed by atoms with Gasteiger partial charge in [-0.2, -0.15) is 4.98 Å². The average Bonchev–Trinajstić information content (AvgIpc) is 2.54. The van der Waals surface area contributed by atoms with Crippen LogP contribution in [0.2, 0.25) is 0 Å². The molecule has 2 heterocycles. The van der Waals surface area contributed by atoms with Gasteiger partial charge < -0.3 is 25.0 Å². The lowest BCUT2D eigenvalue weighted by Crippen LogP contribution is -2.52. The van der Waals surface area contributed by atoms with E-state index in [9.17, 15) is 9.59 Å². The molecule has 0 atom stereocenters. The minimum atomic E-state index is -0.929. The summed E-state index contributed by atoms with van der Waals surface area (Å²) in [5, 5.41) is 11.2. The van der Waals surface area contributed by atoms with E-state index in [2.05, 4.69) is 15.3 Å². The van der Waals surface area contributed by atoms with Crippen LogP contribution in [0.5, 0.6) is 5.88 Å². The van der Waals surface area contributed by atoms with E-state index in [0.29, 0.717) is 44.6 Å². The number of aliphatic carboxylic acids is 1. The molecule has 0 spiro atoms. The Morgan fingerprint density at radius 3 is 2.62 bits per heavy atom. The van der Waals surface area contributed by atoms with E-state index in [0.717, 1.165) is 5.69 Å². The van der Waals surface area contributed by atoms with E-state index in [4.69, 9.17) is 9.84 Å². The number of nitrogens with one attached hydrogen (secondary N) is 1. The molecule has 0 aromatic carbocycles. The highest BCUT2D eigenvalue weighted by molar-refractivity contribution is 5.75. The van der Waals surface area contributed by atoms with Crippen molar-refractivity contribution in [1.82, 2.24) is 20.2 Å². The summed E-state index contributed by atoms with van der Waals surface area (Å²) in [7, 11) is 0. The van der Waals surface area contributed by atoms with Gasteiger partial charge >= 0.3 is 12.0 Å². The fourth-order valence-electron chi connectivity index (χ4n) is 2.39. The van der Waals surface area contributed by atoms with E-state index in [-0.39, 0.29) is 19.0 Å². The van der Waals surface area contributed by atoms with Crippen molar-refractivity contribution in [3.63, 3.8) is 0 Å². The number of rotatable bonds is 6. The lowest BCUT2D eigenvalue weighted by molar-refractivity contribution is -0.136. The molecule has 1 fully saturated rings. The summed E-state index contributed by atoms with van der Waals surface area (Å²) >= 11 is 0. The number of carbonyl (C=O) groups is 2. The molecule has 0 bridgehead atoms. The summed E-state index contributed by atoms with van der Waals surface area (Å²) < 4.78 is 5.44. The number of aryl methyl sites for hydroxylation is 1. The van der Waals surface area contributed by atoms with E-state index in [1.807, 2.05) is 18.7 Å². The van der Waals surface area contributed by atoms with Gasteiger partial charge in [-0.1, -0.05) is 0 Å². The third-order valence-corrected chi connectivity index (χ3v) is 3.58. The minimum absolute atomic E-state index is 0.0803. The summed E-state index contributed by atoms with van der Waals surface area (Å²) in [6.45, 7) is 6.75. The molecule has 0 aliphatic carbocycles. The molecule has 1 saturated heterocycles. The zero-order valence-electron chi connectivity index (χ0n) is 14.0. The molecule has 132 valence electrons. The first-order chi connectivity index (χ1) is 11.5. The number of hydrogen-bond acceptors (Lipinski definition) is 6. The topological polar surface area (TPSA) is 108 Å². The number of hydrogen-bond donors (Lipinski definition) is 2. The van der Waals surface area contributed by atoms with Crippen molar-refractivity contribution in [2.75, 3.05) is 44.2 Å². The molecular weight excluding hydrogens is 314 g/mol. The summed E-state index contributed by atoms with van der Waals surface area (Å²) in [4.78, 5) is 34.9. The molecule has 24 heavy (non-hydrogen) atoms. The second kappa shape index (κ2) is 8.32. The zero-order valence-corrected chi connectivity index (χ0v) is 14.0. The zero-order chi connectivity index (χ0) is 17.5. The van der Waals surface area contributed by atoms with Crippen LogP contribution in [0.4, 0.5) is 10.7 Å². The molecule has 0 saturated carbocycles. The fourth-order valence-corrected chi connectivity index (χ4v) is 2.39. The highest BCUT2D eigenvalue weighted by atomic mass is 16.5. The second-order valence-electron chi connectivity index (χ2n) is 5.43. The molecule has 9 nitrogen and oxygen atoms in total. The van der Waals surface area contributed by atoms with Crippen molar-refractivity contribution in [3.05, 3.63) is 11.8 Å². The lowest BCUT2D eigenvalue weighted by atomic mass is 10.3. The summed E-state index contributed by atoms with van der Waals surface area (Å²) in [6, 6.07) is 1.55. The Morgan fingerprint density at radius 1 is 1.29 bits per heavy atom. The Hall–Kier alpha value is -2.58. The number of anilines is 1. The van der Waals surface area contributed by atoms with Gasteiger partial charge in [0.2, 0.25) is 11.8 Å². The normalized spacial score (nSPS) is 14.4. The third-order valence-electron chi connectivity index (χ3n) is 3.58. The predicted molar refractivity (Wildman–Crippen MR) is 87.4 cm³/mol. The Morgan fingerprint density at radius 2 is 2.00 bits per heavy atom. The predicted octanol–water partition coefficient (Wildman–Crippen LogP) is 0.490. The monoisotopic (exact) mass is 337 g/mol. The van der Waals surface area contributed by atoms with Gasteiger partial charge in [0.25, 0.3) is 0 Å². The largest absolute Gasteiger partial charge is 0.481 e. The minimum Gasteiger partial charge on any atom is -0.481 e. The first-order valence-electron chi connectivity index (χ1n) is 7.97. The number of carbonyl (C=O) groups excluding carboxylic acids is 1. The average molecular weight is 337 g/mol. The van der Waals surface area contributed by atoms with Crippen molar-refractivity contribution >= 4 is 17.9 Å². The van der Waals surface area contributed by atoms with Gasteiger partial charge in [0, 0.05) is 44.5 Å². The number of carboxylic acids is 1. The van der Waals surface area contributed by atoms with Gasteiger partial charge in [0.15, 0.2) is 0 Å². The van der Waals surface area contributed by atoms with E-state index in [1.54, 1.807) is 11.0 Å². The second-order valence-corrected chi connectivity index (χ2v) is 5.43. The third kappa shape index (κ3) is 4.97. The molecule has 9 heteroatoms. The first kappa shape index (κ1) is 17.8. The maximum absolute atomic E-state index is 12.0. The van der Waals surface area contributed by atoms with Crippen molar-refractivity contribution in [3.8, 4) is 5.88 Å². The van der Waals surface area contributed by atoms with E-state index < -0.39 is 5.97 Å². The standard InChI is InChI=1S/C15H23N5O4/c1-3-24-12-10-11(2)17-14(18-12)19-6-8-20(9-7-19)15(23)16-5-4-13(21)22/h10H,3-9H2,1-2H3,(H,16,23)(H,21,22). The molecule has 1 aliphatic rings. The number of aromatic nitrogens is 2. The van der Waals surface area contributed by atoms with Crippen LogP contribution in [0.25, 0.3) is 0 Å². The Kier molecular flexibility index (Phi) is 6.16. The van der Waals surface area contributed by atoms with Crippen molar-refractivity contribution in [2.45, 2.75) is 20.3 Å². The molecule has 1 aromatic heterocycles. The summed E-state index contributed by atoms with van der Waals surface area (Å²) in [6.07, 6.45) is -0.0803. The van der Waals surface area contributed by atoms with Gasteiger partial charge in [0.1, 0.15) is 0 Å². The van der Waals surface area contributed by atoms with Gasteiger partial charge in [-0.05, 0) is 13.8 Å². The van der Waals surface area contributed by atoms with Gasteiger partial charge in [-0.15, -0.1) is 0 Å². The van der Waals surface area contributed by atoms with Gasteiger partial charge in [-0.3, -0.25) is 4.79 Å². The summed E-state index contributed by atoms with van der Waals surface area (Å²) in [5.74, 6) is 0.222. The molecule has 1 aromatic rings. The van der Waals surface area contributed by atoms with Crippen LogP contribution >= 0.6 is 0 Å². The van der Waals surface area contributed by atoms with Crippen LogP contribution in [0.3, 0.4) is 0 Å². The number of amides is 2. The number of ether oxygens (including phenoxy) is 1. The Labute approximate surface area is 140 Å². The van der Waals surface area contributed by atoms with E-state index in [1.165, 1.54) is 0 Å². The number of urea groups is 1. The molecule has 2 N–H and O–H groups in total. The fraction of sp³-hybridized carbons (Fsp3) is 0.600. The van der Waals surface area contributed by atoms with Gasteiger partial charge in [-0.25, -0.2) is 9.78 Å². The molecule has 0 unspecified atom stereocenters. The van der Waals surface area contributed by atoms with Crippen molar-refractivity contribution in [2.24, 2.45) is 0 Å². The maximum atomic E-state index is 12.0. The molecule has 2 amide bonds. The Balaban J connectivity index is 1.88. The number of piperazine rings is 1. The van der Waals surface area contributed by atoms with Crippen LogP contribution in [-0.4, -0.2) is 71.3 Å². The van der Waals surface area contributed by atoms with E-state index >= 15 is 0 Å². The van der Waals surface area contributed by atoms with Crippen LogP contribution in [0, 0.1) is 6.92 Å². The summed E-state index contributed by atoms with van der Waals surface area (Å²) in [5.41, 5.74) is 0.831. The maximum Gasteiger partial charge on any atom is 0.317 e. The van der Waals surface area contributed by atoms with Crippen LogP contribution in [0.15, 0.2) is 6.07 Å². The molecule has 2 rings (SSSR count). The van der Waals surface area contributed by atoms with Gasteiger partial charge in [0.05, 0.1) is 13.0 Å². The Bertz CT molecular complexity index is 587. The lowest BCUT2D eigenvalue weighted by Gasteiger charge is -2.34. The number of nitrogens with zero attached hydrogens (tertiary/aromatic N) is 4. The first-order valence-corrected chi connectivity index (χ1v) is 7.97. The van der Waals surface area contributed by atoms with Crippen molar-refractivity contribution < 1.29 is 19.4 Å². The molecular formula is C15H23N5O4. The van der Waals surface area contributed by atoms with Crippen LogP contribution in [0.1, 0.15) is 19.0 Å². The highest BCUT2D eigenvalue weighted by Crippen LogP contribution is 2.17.